The molecule has 2 aromatic heterocycles. The van der Waals surface area contributed by atoms with E-state index in [-0.39, 0.29) is 5.56 Å². The average molecular weight is 363 g/mol. The lowest BCUT2D eigenvalue weighted by atomic mass is 10.2. The molecule has 21 heavy (non-hydrogen) atoms. The number of para-hydroxylation sites is 1. The molecule has 0 saturated carbocycles. The second kappa shape index (κ2) is 5.46. The van der Waals surface area contributed by atoms with Crippen molar-refractivity contribution in [1.29, 1.82) is 0 Å². The predicted octanol–water partition coefficient (Wildman–Crippen LogP) is 4.37. The first-order valence-corrected chi connectivity index (χ1v) is 7.87. The van der Waals surface area contributed by atoms with Gasteiger partial charge in [-0.3, -0.25) is 0 Å². The summed E-state index contributed by atoms with van der Waals surface area (Å²) < 4.78 is 2.55. The second-order valence-corrected chi connectivity index (χ2v) is 6.38. The summed E-state index contributed by atoms with van der Waals surface area (Å²) in [6.07, 6.45) is 1.56. The number of rotatable bonds is 3. The van der Waals surface area contributed by atoms with Crippen molar-refractivity contribution in [3.8, 4) is 16.3 Å². The van der Waals surface area contributed by atoms with E-state index in [4.69, 9.17) is 0 Å². The number of aryl methyl sites for hydroxylation is 1. The van der Waals surface area contributed by atoms with Gasteiger partial charge in [-0.05, 0) is 40.5 Å². The average Bonchev–Trinajstić information content (AvgIpc) is 3.05. The van der Waals surface area contributed by atoms with Gasteiger partial charge in [0.1, 0.15) is 11.3 Å². The summed E-state index contributed by atoms with van der Waals surface area (Å²) in [5.74, 6) is -0.977. The Morgan fingerprint density at radius 1 is 1.38 bits per heavy atom. The summed E-state index contributed by atoms with van der Waals surface area (Å²) in [7, 11) is 0. The van der Waals surface area contributed by atoms with Gasteiger partial charge in [0, 0.05) is 16.0 Å². The molecule has 3 aromatic rings. The molecule has 0 aliphatic carbocycles. The predicted molar refractivity (Wildman–Crippen MR) is 86.3 cm³/mol. The molecule has 0 atom stereocenters. The summed E-state index contributed by atoms with van der Waals surface area (Å²) in [4.78, 5) is 12.3. The van der Waals surface area contributed by atoms with Gasteiger partial charge in [0.15, 0.2) is 0 Å². The molecule has 0 fully saturated rings. The smallest absolute Gasteiger partial charge is 0.339 e. The minimum Gasteiger partial charge on any atom is -0.478 e. The Kier molecular flexibility index (Phi) is 3.65. The third kappa shape index (κ3) is 2.64. The zero-order valence-electron chi connectivity index (χ0n) is 11.1. The van der Waals surface area contributed by atoms with Crippen molar-refractivity contribution in [1.82, 2.24) is 9.78 Å². The maximum Gasteiger partial charge on any atom is 0.339 e. The van der Waals surface area contributed by atoms with Crippen molar-refractivity contribution in [2.45, 2.75) is 6.92 Å². The fourth-order valence-corrected chi connectivity index (χ4v) is 3.52. The van der Waals surface area contributed by atoms with Gasteiger partial charge < -0.3 is 5.11 Å². The Hall–Kier alpha value is -1.92. The molecule has 4 nitrogen and oxygen atoms in total. The highest BCUT2D eigenvalue weighted by atomic mass is 79.9. The number of nitrogens with zero attached hydrogens (tertiary/aromatic N) is 2. The zero-order chi connectivity index (χ0) is 15.0. The molecule has 2 heterocycles. The number of aromatic carboxylic acids is 1. The largest absolute Gasteiger partial charge is 0.478 e. The fourth-order valence-electron chi connectivity index (χ4n) is 2.09. The molecule has 106 valence electrons. The van der Waals surface area contributed by atoms with E-state index in [1.807, 2.05) is 42.6 Å². The van der Waals surface area contributed by atoms with Crippen molar-refractivity contribution in [2.75, 3.05) is 0 Å². The number of hydrogen-bond donors (Lipinski definition) is 1. The number of hydrogen-bond acceptors (Lipinski definition) is 3. The highest BCUT2D eigenvalue weighted by Crippen LogP contribution is 2.32. The number of carbonyl (C=O) groups is 1. The maximum absolute atomic E-state index is 11.5. The van der Waals surface area contributed by atoms with Crippen LogP contribution in [0.25, 0.3) is 16.3 Å². The number of carboxylic acid groups (broad SMARTS) is 1. The van der Waals surface area contributed by atoms with Crippen molar-refractivity contribution in [3.63, 3.8) is 0 Å². The monoisotopic (exact) mass is 362 g/mol. The van der Waals surface area contributed by atoms with E-state index in [9.17, 15) is 9.90 Å². The lowest BCUT2D eigenvalue weighted by Crippen LogP contribution is -1.97. The Morgan fingerprint density at radius 3 is 2.76 bits per heavy atom. The summed E-state index contributed by atoms with van der Waals surface area (Å²) in [6.45, 7) is 1.97. The van der Waals surface area contributed by atoms with Crippen LogP contribution in [0.3, 0.4) is 0 Å². The van der Waals surface area contributed by atoms with E-state index < -0.39 is 5.97 Å². The fraction of sp³-hybridized carbons (Fsp3) is 0.0667. The van der Waals surface area contributed by atoms with Crippen LogP contribution in [0.15, 0.2) is 46.4 Å². The van der Waals surface area contributed by atoms with Crippen LogP contribution in [0, 0.1) is 6.92 Å². The van der Waals surface area contributed by atoms with Gasteiger partial charge in [-0.1, -0.05) is 18.2 Å². The first kappa shape index (κ1) is 14.0. The van der Waals surface area contributed by atoms with E-state index in [0.29, 0.717) is 5.69 Å². The molecule has 0 bridgehead atoms. The first-order chi connectivity index (χ1) is 10.1. The second-order valence-electron chi connectivity index (χ2n) is 4.56. The molecule has 3 rings (SSSR count). The highest BCUT2D eigenvalue weighted by Gasteiger charge is 2.19. The van der Waals surface area contributed by atoms with E-state index >= 15 is 0 Å². The van der Waals surface area contributed by atoms with Crippen LogP contribution in [0.4, 0.5) is 0 Å². The third-order valence-electron chi connectivity index (χ3n) is 3.11. The van der Waals surface area contributed by atoms with Gasteiger partial charge in [-0.15, -0.1) is 11.3 Å². The normalized spacial score (nSPS) is 10.8. The standard InChI is InChI=1S/C15H11BrN2O2S/c1-9-4-2-3-5-12(9)18-7-11(15(19)20)14(17-18)13-6-10(16)8-21-13/h2-8H,1H3,(H,19,20). The van der Waals surface area contributed by atoms with Gasteiger partial charge in [0.05, 0.1) is 10.6 Å². The van der Waals surface area contributed by atoms with Crippen LogP contribution >= 0.6 is 27.3 Å². The van der Waals surface area contributed by atoms with Crippen molar-refractivity contribution >= 4 is 33.2 Å². The Morgan fingerprint density at radius 2 is 2.14 bits per heavy atom. The van der Waals surface area contributed by atoms with E-state index in [1.54, 1.807) is 10.9 Å². The lowest BCUT2D eigenvalue weighted by molar-refractivity contribution is 0.0697. The van der Waals surface area contributed by atoms with Gasteiger partial charge in [0.25, 0.3) is 0 Å². The number of halogens is 1. The highest BCUT2D eigenvalue weighted by molar-refractivity contribution is 9.10. The molecule has 0 unspecified atom stereocenters. The van der Waals surface area contributed by atoms with Crippen LogP contribution in [0.2, 0.25) is 0 Å². The molecular formula is C15H11BrN2O2S. The Bertz CT molecular complexity index is 823. The van der Waals surface area contributed by atoms with Gasteiger partial charge >= 0.3 is 5.97 Å². The van der Waals surface area contributed by atoms with Crippen LogP contribution in [-0.2, 0) is 0 Å². The van der Waals surface area contributed by atoms with Crippen molar-refractivity contribution < 1.29 is 9.90 Å². The third-order valence-corrected chi connectivity index (χ3v) is 4.81. The summed E-state index contributed by atoms with van der Waals surface area (Å²) >= 11 is 4.84. The number of carboxylic acids is 1. The van der Waals surface area contributed by atoms with Gasteiger partial charge in [0.2, 0.25) is 0 Å². The topological polar surface area (TPSA) is 55.1 Å². The zero-order valence-corrected chi connectivity index (χ0v) is 13.5. The molecule has 0 aliphatic heterocycles. The van der Waals surface area contributed by atoms with Gasteiger partial charge in [-0.2, -0.15) is 5.10 Å². The molecule has 0 spiro atoms. The molecule has 1 N–H and O–H groups in total. The van der Waals surface area contributed by atoms with E-state index in [2.05, 4.69) is 21.0 Å². The maximum atomic E-state index is 11.5. The Balaban J connectivity index is 2.18. The minimum absolute atomic E-state index is 0.201. The molecular weight excluding hydrogens is 352 g/mol. The molecule has 0 amide bonds. The molecule has 0 saturated heterocycles. The lowest BCUT2D eigenvalue weighted by Gasteiger charge is -2.04. The summed E-state index contributed by atoms with van der Waals surface area (Å²) in [5, 5.41) is 15.8. The number of aromatic nitrogens is 2. The Labute approximate surface area is 133 Å². The van der Waals surface area contributed by atoms with E-state index in [1.165, 1.54) is 11.3 Å². The summed E-state index contributed by atoms with van der Waals surface area (Å²) in [5.41, 5.74) is 2.60. The number of benzene rings is 1. The quantitative estimate of drug-likeness (QED) is 0.752. The van der Waals surface area contributed by atoms with Crippen LogP contribution < -0.4 is 0 Å². The molecule has 0 aliphatic rings. The van der Waals surface area contributed by atoms with Gasteiger partial charge in [-0.25, -0.2) is 9.48 Å². The molecule has 1 aromatic carbocycles. The SMILES string of the molecule is Cc1ccccc1-n1cc(C(=O)O)c(-c2cc(Br)cs2)n1. The molecule has 6 heteroatoms. The van der Waals surface area contributed by atoms with Crippen LogP contribution in [-0.4, -0.2) is 20.9 Å². The minimum atomic E-state index is -0.977. The van der Waals surface area contributed by atoms with E-state index in [0.717, 1.165) is 20.6 Å². The molecule has 0 radical (unpaired) electrons. The summed E-state index contributed by atoms with van der Waals surface area (Å²) in [6, 6.07) is 9.62. The van der Waals surface area contributed by atoms with Crippen LogP contribution in [0.1, 0.15) is 15.9 Å². The first-order valence-electron chi connectivity index (χ1n) is 6.19. The van der Waals surface area contributed by atoms with Crippen molar-refractivity contribution in [2.24, 2.45) is 0 Å². The van der Waals surface area contributed by atoms with Crippen LogP contribution in [0.5, 0.6) is 0 Å². The number of thiophene rings is 1. The van der Waals surface area contributed by atoms with Crippen molar-refractivity contribution in [3.05, 3.63) is 57.5 Å².